The summed E-state index contributed by atoms with van der Waals surface area (Å²) in [6, 6.07) is 9.09. The molecule has 2 heterocycles. The van der Waals surface area contributed by atoms with Crippen molar-refractivity contribution < 1.29 is 14.0 Å². The summed E-state index contributed by atoms with van der Waals surface area (Å²) in [5, 5.41) is 5.55. The van der Waals surface area contributed by atoms with Gasteiger partial charge in [0.15, 0.2) is 5.16 Å². The van der Waals surface area contributed by atoms with E-state index in [1.807, 2.05) is 24.6 Å². The number of aromatic nitrogens is 2. The molecule has 0 unspecified atom stereocenters. The molecular weight excluding hydrogens is 364 g/mol. The molecule has 2 aromatic heterocycles. The zero-order chi connectivity index (χ0) is 19.2. The minimum absolute atomic E-state index is 0.0794. The number of carbonyl (C=O) groups excluding carboxylic acids is 2. The SMILES string of the molecule is Cc1ccc(C)c(-n2ccnc2SCC(=O)NC(=O)NCc2ccco2)c1. The Labute approximate surface area is 161 Å². The maximum atomic E-state index is 12.0. The highest BCUT2D eigenvalue weighted by molar-refractivity contribution is 7.99. The Hall–Kier alpha value is -3.00. The second-order valence-corrected chi connectivity index (χ2v) is 6.91. The number of rotatable bonds is 6. The lowest BCUT2D eigenvalue weighted by atomic mass is 10.1. The predicted molar refractivity (Wildman–Crippen MR) is 103 cm³/mol. The minimum atomic E-state index is -0.560. The average Bonchev–Trinajstić information content (AvgIpc) is 3.32. The molecule has 7 nitrogen and oxygen atoms in total. The topological polar surface area (TPSA) is 89.2 Å². The van der Waals surface area contributed by atoms with Crippen LogP contribution < -0.4 is 10.6 Å². The van der Waals surface area contributed by atoms with Crippen molar-refractivity contribution in [1.29, 1.82) is 0 Å². The molecule has 140 valence electrons. The lowest BCUT2D eigenvalue weighted by molar-refractivity contribution is -0.117. The van der Waals surface area contributed by atoms with E-state index in [9.17, 15) is 9.59 Å². The number of aryl methyl sites for hydroxylation is 2. The van der Waals surface area contributed by atoms with E-state index in [1.165, 1.54) is 18.0 Å². The molecule has 1 aromatic carbocycles. The summed E-state index contributed by atoms with van der Waals surface area (Å²) in [6.07, 6.45) is 5.07. The van der Waals surface area contributed by atoms with Crippen LogP contribution in [0.5, 0.6) is 0 Å². The van der Waals surface area contributed by atoms with Crippen LogP contribution in [0.2, 0.25) is 0 Å². The number of hydrogen-bond acceptors (Lipinski definition) is 5. The number of imide groups is 1. The van der Waals surface area contributed by atoms with Crippen LogP contribution in [0.15, 0.2) is 58.6 Å². The molecule has 0 saturated carbocycles. The van der Waals surface area contributed by atoms with Crippen LogP contribution in [0.3, 0.4) is 0 Å². The van der Waals surface area contributed by atoms with Gasteiger partial charge in [-0.2, -0.15) is 0 Å². The molecule has 0 aliphatic carbocycles. The van der Waals surface area contributed by atoms with E-state index >= 15 is 0 Å². The van der Waals surface area contributed by atoms with Gasteiger partial charge in [-0.3, -0.25) is 14.7 Å². The van der Waals surface area contributed by atoms with Crippen molar-refractivity contribution in [2.45, 2.75) is 25.5 Å². The molecule has 0 spiro atoms. The van der Waals surface area contributed by atoms with Gasteiger partial charge in [-0.1, -0.05) is 23.9 Å². The summed E-state index contributed by atoms with van der Waals surface area (Å²) in [5.41, 5.74) is 3.28. The number of urea groups is 1. The van der Waals surface area contributed by atoms with Crippen molar-refractivity contribution in [3.63, 3.8) is 0 Å². The Balaban J connectivity index is 1.54. The number of amides is 3. The third-order valence-electron chi connectivity index (χ3n) is 3.82. The van der Waals surface area contributed by atoms with E-state index in [4.69, 9.17) is 4.42 Å². The van der Waals surface area contributed by atoms with Gasteiger partial charge >= 0.3 is 6.03 Å². The summed E-state index contributed by atoms with van der Waals surface area (Å²) < 4.78 is 7.06. The average molecular weight is 384 g/mol. The molecule has 27 heavy (non-hydrogen) atoms. The van der Waals surface area contributed by atoms with Crippen LogP contribution in [-0.2, 0) is 11.3 Å². The third-order valence-corrected chi connectivity index (χ3v) is 4.79. The van der Waals surface area contributed by atoms with Crippen molar-refractivity contribution in [3.05, 3.63) is 65.9 Å². The molecule has 0 aliphatic rings. The van der Waals surface area contributed by atoms with Crippen molar-refractivity contribution in [2.75, 3.05) is 5.75 Å². The highest BCUT2D eigenvalue weighted by Gasteiger charge is 2.13. The quantitative estimate of drug-likeness (QED) is 0.637. The summed E-state index contributed by atoms with van der Waals surface area (Å²) >= 11 is 1.27. The molecular formula is C19H20N4O3S. The van der Waals surface area contributed by atoms with Crippen LogP contribution in [-0.4, -0.2) is 27.2 Å². The largest absolute Gasteiger partial charge is 0.467 e. The van der Waals surface area contributed by atoms with Gasteiger partial charge in [0.2, 0.25) is 5.91 Å². The second-order valence-electron chi connectivity index (χ2n) is 5.97. The number of benzene rings is 1. The minimum Gasteiger partial charge on any atom is -0.467 e. The molecule has 0 saturated heterocycles. The van der Waals surface area contributed by atoms with Crippen molar-refractivity contribution >= 4 is 23.7 Å². The molecule has 0 fully saturated rings. The van der Waals surface area contributed by atoms with Crippen molar-refractivity contribution in [2.24, 2.45) is 0 Å². The fraction of sp³-hybridized carbons (Fsp3) is 0.211. The smallest absolute Gasteiger partial charge is 0.321 e. The summed E-state index contributed by atoms with van der Waals surface area (Å²) in [7, 11) is 0. The maximum Gasteiger partial charge on any atom is 0.321 e. The van der Waals surface area contributed by atoms with Crippen molar-refractivity contribution in [3.8, 4) is 5.69 Å². The summed E-state index contributed by atoms with van der Waals surface area (Å²) in [4.78, 5) is 28.1. The normalized spacial score (nSPS) is 10.6. The van der Waals surface area contributed by atoms with Crippen LogP contribution in [0.4, 0.5) is 4.79 Å². The Bertz CT molecular complexity index is 934. The first kappa shape index (κ1) is 18.8. The number of nitrogens with zero attached hydrogens (tertiary/aromatic N) is 2. The number of imidazole rings is 1. The van der Waals surface area contributed by atoms with E-state index in [2.05, 4.69) is 33.8 Å². The van der Waals surface area contributed by atoms with E-state index in [0.717, 1.165) is 16.8 Å². The highest BCUT2D eigenvalue weighted by atomic mass is 32.2. The first-order valence-corrected chi connectivity index (χ1v) is 9.35. The van der Waals surface area contributed by atoms with Gasteiger partial charge in [-0.05, 0) is 43.2 Å². The third kappa shape index (κ3) is 5.01. The van der Waals surface area contributed by atoms with Gasteiger partial charge < -0.3 is 9.73 Å². The summed E-state index contributed by atoms with van der Waals surface area (Å²) in [5.74, 6) is 0.297. The summed E-state index contributed by atoms with van der Waals surface area (Å²) in [6.45, 7) is 4.27. The van der Waals surface area contributed by atoms with E-state index in [0.29, 0.717) is 10.9 Å². The molecule has 3 rings (SSSR count). The van der Waals surface area contributed by atoms with Gasteiger partial charge in [0.1, 0.15) is 5.76 Å². The number of carbonyl (C=O) groups is 2. The maximum absolute atomic E-state index is 12.0. The second kappa shape index (κ2) is 8.59. The van der Waals surface area contributed by atoms with Gasteiger partial charge in [-0.15, -0.1) is 0 Å². The monoisotopic (exact) mass is 384 g/mol. The Morgan fingerprint density at radius 1 is 1.26 bits per heavy atom. The Morgan fingerprint density at radius 2 is 2.11 bits per heavy atom. The molecule has 3 amide bonds. The van der Waals surface area contributed by atoms with E-state index in [1.54, 1.807) is 18.3 Å². The fourth-order valence-electron chi connectivity index (χ4n) is 2.48. The molecule has 2 N–H and O–H groups in total. The first-order chi connectivity index (χ1) is 13.0. The lowest BCUT2D eigenvalue weighted by Gasteiger charge is -2.11. The van der Waals surface area contributed by atoms with Crippen molar-refractivity contribution in [1.82, 2.24) is 20.2 Å². The van der Waals surface area contributed by atoms with E-state index < -0.39 is 11.9 Å². The van der Waals surface area contributed by atoms with Crippen LogP contribution in [0.25, 0.3) is 5.69 Å². The molecule has 0 aliphatic heterocycles. The van der Waals surface area contributed by atoms with Crippen LogP contribution in [0, 0.1) is 13.8 Å². The van der Waals surface area contributed by atoms with Gasteiger partial charge in [0, 0.05) is 12.4 Å². The highest BCUT2D eigenvalue weighted by Crippen LogP contribution is 2.23. The number of hydrogen-bond donors (Lipinski definition) is 2. The Morgan fingerprint density at radius 3 is 2.89 bits per heavy atom. The molecule has 0 bridgehead atoms. The first-order valence-electron chi connectivity index (χ1n) is 8.37. The molecule has 0 atom stereocenters. The standard InChI is InChI=1S/C19H20N4O3S/c1-13-5-6-14(2)16(10-13)23-8-7-20-19(23)27-12-17(24)22-18(25)21-11-15-4-3-9-26-15/h3-10H,11-12H2,1-2H3,(H2,21,22,24,25). The van der Waals surface area contributed by atoms with Gasteiger partial charge in [0.25, 0.3) is 0 Å². The number of nitrogens with one attached hydrogen (secondary N) is 2. The van der Waals surface area contributed by atoms with Gasteiger partial charge in [-0.25, -0.2) is 9.78 Å². The molecule has 3 aromatic rings. The zero-order valence-corrected chi connectivity index (χ0v) is 15.9. The lowest BCUT2D eigenvalue weighted by Crippen LogP contribution is -2.39. The number of thioether (sulfide) groups is 1. The zero-order valence-electron chi connectivity index (χ0n) is 15.1. The molecule has 8 heteroatoms. The van der Waals surface area contributed by atoms with Gasteiger partial charge in [0.05, 0.1) is 24.2 Å². The van der Waals surface area contributed by atoms with Crippen LogP contribution >= 0.6 is 11.8 Å². The Kier molecular flexibility index (Phi) is 5.97. The predicted octanol–water partition coefficient (Wildman–Crippen LogP) is 3.20. The van der Waals surface area contributed by atoms with E-state index in [-0.39, 0.29) is 12.3 Å². The molecule has 0 radical (unpaired) electrons. The van der Waals surface area contributed by atoms with Crippen LogP contribution in [0.1, 0.15) is 16.9 Å². The fourth-order valence-corrected chi connectivity index (χ4v) is 3.24. The number of furan rings is 1.